The van der Waals surface area contributed by atoms with E-state index in [-0.39, 0.29) is 12.5 Å². The zero-order valence-corrected chi connectivity index (χ0v) is 16.0. The SMILES string of the molecule is CCN(Cc1nc(-c2cccs2)no1)C(=O)C(C)Oc1ccc(Cl)cc1. The van der Waals surface area contributed by atoms with E-state index in [2.05, 4.69) is 10.1 Å². The minimum atomic E-state index is -0.643. The number of aromatic nitrogens is 2. The summed E-state index contributed by atoms with van der Waals surface area (Å²) in [7, 11) is 0. The van der Waals surface area contributed by atoms with Crippen molar-refractivity contribution in [1.29, 1.82) is 0 Å². The molecule has 1 aromatic carbocycles. The van der Waals surface area contributed by atoms with Crippen molar-refractivity contribution in [3.05, 3.63) is 52.7 Å². The zero-order chi connectivity index (χ0) is 18.5. The van der Waals surface area contributed by atoms with Crippen LogP contribution in [0.4, 0.5) is 0 Å². The molecule has 2 aromatic heterocycles. The van der Waals surface area contributed by atoms with Gasteiger partial charge in [0, 0.05) is 11.6 Å². The van der Waals surface area contributed by atoms with Gasteiger partial charge in [0.25, 0.3) is 5.91 Å². The van der Waals surface area contributed by atoms with Crippen molar-refractivity contribution in [2.75, 3.05) is 6.54 Å². The molecule has 26 heavy (non-hydrogen) atoms. The lowest BCUT2D eigenvalue weighted by molar-refractivity contribution is -0.138. The maximum Gasteiger partial charge on any atom is 0.263 e. The third kappa shape index (κ3) is 4.42. The van der Waals surface area contributed by atoms with Gasteiger partial charge in [0.1, 0.15) is 12.3 Å². The molecule has 0 saturated carbocycles. The topological polar surface area (TPSA) is 68.5 Å². The first-order valence-electron chi connectivity index (χ1n) is 8.14. The van der Waals surface area contributed by atoms with Gasteiger partial charge in [-0.15, -0.1) is 11.3 Å². The van der Waals surface area contributed by atoms with Gasteiger partial charge in [-0.3, -0.25) is 4.79 Å². The normalized spacial score (nSPS) is 12.0. The van der Waals surface area contributed by atoms with Gasteiger partial charge in [-0.25, -0.2) is 0 Å². The molecule has 1 unspecified atom stereocenters. The monoisotopic (exact) mass is 391 g/mol. The van der Waals surface area contributed by atoms with Gasteiger partial charge in [0.05, 0.1) is 4.88 Å². The number of hydrogen-bond acceptors (Lipinski definition) is 6. The van der Waals surface area contributed by atoms with Crippen LogP contribution in [-0.2, 0) is 11.3 Å². The predicted octanol–water partition coefficient (Wildman–Crippen LogP) is 4.27. The van der Waals surface area contributed by atoms with Gasteiger partial charge in [0.15, 0.2) is 6.10 Å². The number of benzene rings is 1. The Labute approximate surface area is 160 Å². The van der Waals surface area contributed by atoms with Gasteiger partial charge in [0.2, 0.25) is 11.7 Å². The van der Waals surface area contributed by atoms with Crippen molar-refractivity contribution in [2.24, 2.45) is 0 Å². The fraction of sp³-hybridized carbons (Fsp3) is 0.278. The van der Waals surface area contributed by atoms with Crippen molar-refractivity contribution in [1.82, 2.24) is 15.0 Å². The predicted molar refractivity (Wildman–Crippen MR) is 100 cm³/mol. The minimum absolute atomic E-state index is 0.154. The smallest absolute Gasteiger partial charge is 0.263 e. The van der Waals surface area contributed by atoms with E-state index in [0.29, 0.717) is 29.0 Å². The largest absolute Gasteiger partial charge is 0.481 e. The maximum atomic E-state index is 12.7. The highest BCUT2D eigenvalue weighted by Crippen LogP contribution is 2.22. The molecule has 0 spiro atoms. The molecule has 0 N–H and O–H groups in total. The average Bonchev–Trinajstić information content (AvgIpc) is 3.32. The molecule has 2 heterocycles. The van der Waals surface area contributed by atoms with Crippen LogP contribution in [0.25, 0.3) is 10.7 Å². The van der Waals surface area contributed by atoms with Crippen molar-refractivity contribution < 1.29 is 14.1 Å². The highest BCUT2D eigenvalue weighted by Gasteiger charge is 2.23. The van der Waals surface area contributed by atoms with Crippen LogP contribution in [0, 0.1) is 0 Å². The van der Waals surface area contributed by atoms with Crippen LogP contribution in [-0.4, -0.2) is 33.6 Å². The number of hydrogen-bond donors (Lipinski definition) is 0. The summed E-state index contributed by atoms with van der Waals surface area (Å²) in [5.41, 5.74) is 0. The summed E-state index contributed by atoms with van der Waals surface area (Å²) in [5, 5.41) is 6.53. The number of rotatable bonds is 7. The van der Waals surface area contributed by atoms with E-state index in [1.165, 1.54) is 11.3 Å². The number of likely N-dealkylation sites (N-methyl/N-ethyl adjacent to an activating group) is 1. The summed E-state index contributed by atoms with van der Waals surface area (Å²) in [6.07, 6.45) is -0.643. The third-order valence-corrected chi connectivity index (χ3v) is 4.82. The van der Waals surface area contributed by atoms with Crippen LogP contribution >= 0.6 is 22.9 Å². The van der Waals surface area contributed by atoms with Crippen molar-refractivity contribution in [2.45, 2.75) is 26.5 Å². The number of thiophene rings is 1. The number of halogens is 1. The minimum Gasteiger partial charge on any atom is -0.481 e. The van der Waals surface area contributed by atoms with Crippen molar-refractivity contribution in [3.63, 3.8) is 0 Å². The third-order valence-electron chi connectivity index (χ3n) is 3.70. The second-order valence-corrected chi connectivity index (χ2v) is 6.94. The lowest BCUT2D eigenvalue weighted by Gasteiger charge is -2.23. The summed E-state index contributed by atoms with van der Waals surface area (Å²) in [6, 6.07) is 10.7. The Bertz CT molecular complexity index is 849. The first-order chi connectivity index (χ1) is 12.6. The summed E-state index contributed by atoms with van der Waals surface area (Å²) in [6.45, 7) is 4.35. The van der Waals surface area contributed by atoms with Crippen molar-refractivity contribution >= 4 is 28.8 Å². The number of carbonyl (C=O) groups is 1. The Morgan fingerprint density at radius 3 is 2.77 bits per heavy atom. The van der Waals surface area contributed by atoms with E-state index >= 15 is 0 Å². The van der Waals surface area contributed by atoms with E-state index in [0.717, 1.165) is 4.88 Å². The van der Waals surface area contributed by atoms with E-state index in [1.807, 2.05) is 24.4 Å². The summed E-state index contributed by atoms with van der Waals surface area (Å²) >= 11 is 7.39. The standard InChI is InChI=1S/C18H18ClN3O3S/c1-3-22(11-16-20-17(21-25-16)15-5-4-10-26-15)18(23)12(2)24-14-8-6-13(19)7-9-14/h4-10,12H,3,11H2,1-2H3. The average molecular weight is 392 g/mol. The number of amides is 1. The van der Waals surface area contributed by atoms with Gasteiger partial charge >= 0.3 is 0 Å². The van der Waals surface area contributed by atoms with Gasteiger partial charge < -0.3 is 14.2 Å². The Balaban J connectivity index is 1.64. The van der Waals surface area contributed by atoms with E-state index in [1.54, 1.807) is 36.1 Å². The molecule has 0 aliphatic heterocycles. The van der Waals surface area contributed by atoms with E-state index in [4.69, 9.17) is 20.9 Å². The first kappa shape index (κ1) is 18.4. The summed E-state index contributed by atoms with van der Waals surface area (Å²) in [4.78, 5) is 19.6. The molecular weight excluding hydrogens is 374 g/mol. The number of carbonyl (C=O) groups excluding carboxylic acids is 1. The quantitative estimate of drug-likeness (QED) is 0.601. The molecular formula is C18H18ClN3O3S. The van der Waals surface area contributed by atoms with Gasteiger partial charge in [-0.05, 0) is 49.6 Å². The Kier molecular flexibility index (Phi) is 5.90. The first-order valence-corrected chi connectivity index (χ1v) is 9.40. The lowest BCUT2D eigenvalue weighted by Crippen LogP contribution is -2.40. The van der Waals surface area contributed by atoms with E-state index < -0.39 is 6.10 Å². The molecule has 0 aliphatic carbocycles. The maximum absolute atomic E-state index is 12.7. The van der Waals surface area contributed by atoms with Gasteiger partial charge in [-0.1, -0.05) is 22.8 Å². The second-order valence-electron chi connectivity index (χ2n) is 5.56. The summed E-state index contributed by atoms with van der Waals surface area (Å²) in [5.74, 6) is 1.36. The molecule has 3 rings (SSSR count). The van der Waals surface area contributed by atoms with E-state index in [9.17, 15) is 4.79 Å². The number of nitrogens with zero attached hydrogens (tertiary/aromatic N) is 3. The molecule has 1 atom stereocenters. The molecule has 0 fully saturated rings. The van der Waals surface area contributed by atoms with Gasteiger partial charge in [-0.2, -0.15) is 4.98 Å². The molecule has 0 aliphatic rings. The molecule has 0 bridgehead atoms. The highest BCUT2D eigenvalue weighted by atomic mass is 35.5. The molecule has 1 amide bonds. The zero-order valence-electron chi connectivity index (χ0n) is 14.4. The fourth-order valence-corrected chi connectivity index (χ4v) is 3.13. The molecule has 6 nitrogen and oxygen atoms in total. The summed E-state index contributed by atoms with van der Waals surface area (Å²) < 4.78 is 11.0. The molecule has 0 radical (unpaired) electrons. The molecule has 3 aromatic rings. The van der Waals surface area contributed by atoms with Crippen LogP contribution in [0.2, 0.25) is 5.02 Å². The van der Waals surface area contributed by atoms with Crippen LogP contribution < -0.4 is 4.74 Å². The highest BCUT2D eigenvalue weighted by molar-refractivity contribution is 7.13. The Morgan fingerprint density at radius 2 is 2.12 bits per heavy atom. The molecule has 0 saturated heterocycles. The van der Waals surface area contributed by atoms with Crippen LogP contribution in [0.3, 0.4) is 0 Å². The number of ether oxygens (including phenoxy) is 1. The Hall–Kier alpha value is -2.38. The fourth-order valence-electron chi connectivity index (χ4n) is 2.36. The van der Waals surface area contributed by atoms with Crippen LogP contribution in [0.1, 0.15) is 19.7 Å². The Morgan fingerprint density at radius 1 is 1.35 bits per heavy atom. The van der Waals surface area contributed by atoms with Crippen molar-refractivity contribution in [3.8, 4) is 16.5 Å². The second kappa shape index (κ2) is 8.33. The van der Waals surface area contributed by atoms with Crippen LogP contribution in [0.15, 0.2) is 46.3 Å². The molecule has 8 heteroatoms. The molecule has 136 valence electrons. The van der Waals surface area contributed by atoms with Crippen LogP contribution in [0.5, 0.6) is 5.75 Å². The lowest BCUT2D eigenvalue weighted by atomic mass is 10.3.